The van der Waals surface area contributed by atoms with Crippen LogP contribution in [0.25, 0.3) is 55.3 Å². The first-order chi connectivity index (χ1) is 22.3. The summed E-state index contributed by atoms with van der Waals surface area (Å²) in [5.41, 5.74) is 13.9. The molecule has 0 radical (unpaired) electrons. The molecule has 1 aliphatic heterocycles. The summed E-state index contributed by atoms with van der Waals surface area (Å²) in [6.07, 6.45) is 7.12. The Labute approximate surface area is 264 Å². The normalized spacial score (nSPS) is 26.0. The second-order valence-electron chi connectivity index (χ2n) is 14.5. The van der Waals surface area contributed by atoms with Crippen molar-refractivity contribution in [2.45, 2.75) is 37.5 Å². The van der Waals surface area contributed by atoms with Gasteiger partial charge in [0.1, 0.15) is 11.5 Å². The minimum atomic E-state index is 0.178. The maximum absolute atomic E-state index is 6.60. The fraction of sp³-hybridized carbons (Fsp3) is 0.227. The Hall–Kier alpha value is -4.62. The van der Waals surface area contributed by atoms with Gasteiger partial charge in [-0.05, 0) is 135 Å². The van der Waals surface area contributed by atoms with Crippen molar-refractivity contribution in [2.24, 2.45) is 23.7 Å². The lowest BCUT2D eigenvalue weighted by atomic mass is 9.43. The number of hydrogen-bond acceptors (Lipinski definition) is 1. The lowest BCUT2D eigenvalue weighted by Gasteiger charge is -2.61. The van der Waals surface area contributed by atoms with E-state index in [4.69, 9.17) is 4.74 Å². The predicted molar refractivity (Wildman–Crippen MR) is 184 cm³/mol. The molecule has 0 unspecified atom stereocenters. The first kappa shape index (κ1) is 24.7. The van der Waals surface area contributed by atoms with Crippen molar-refractivity contribution in [3.05, 3.63) is 132 Å². The van der Waals surface area contributed by atoms with Gasteiger partial charge in [0, 0.05) is 16.4 Å². The van der Waals surface area contributed by atoms with Gasteiger partial charge < -0.3 is 4.74 Å². The molecular formula is C44H34O. The van der Waals surface area contributed by atoms with Crippen molar-refractivity contribution >= 4 is 10.8 Å². The van der Waals surface area contributed by atoms with Crippen LogP contribution in [0.3, 0.4) is 0 Å². The van der Waals surface area contributed by atoms with E-state index in [0.29, 0.717) is 0 Å². The molecular weight excluding hydrogens is 544 g/mol. The van der Waals surface area contributed by atoms with Crippen molar-refractivity contribution in [2.75, 3.05) is 0 Å². The third kappa shape index (κ3) is 3.19. The van der Waals surface area contributed by atoms with Crippen molar-refractivity contribution in [3.8, 4) is 56.0 Å². The Bertz CT molecular complexity index is 2180. The van der Waals surface area contributed by atoms with Gasteiger partial charge in [-0.3, -0.25) is 0 Å². The van der Waals surface area contributed by atoms with E-state index < -0.39 is 0 Å². The van der Waals surface area contributed by atoms with Crippen molar-refractivity contribution in [1.82, 2.24) is 0 Å². The molecule has 4 bridgehead atoms. The minimum Gasteiger partial charge on any atom is -0.456 e. The van der Waals surface area contributed by atoms with Gasteiger partial charge in [0.25, 0.3) is 0 Å². The van der Waals surface area contributed by atoms with Crippen molar-refractivity contribution < 1.29 is 4.74 Å². The van der Waals surface area contributed by atoms with E-state index in [9.17, 15) is 0 Å². The van der Waals surface area contributed by atoms with Gasteiger partial charge in [-0.1, -0.05) is 97.1 Å². The highest BCUT2D eigenvalue weighted by Gasteiger charge is 2.61. The maximum Gasteiger partial charge on any atom is 0.135 e. The summed E-state index contributed by atoms with van der Waals surface area (Å²) in [4.78, 5) is 0. The molecule has 4 saturated carbocycles. The van der Waals surface area contributed by atoms with E-state index in [0.717, 1.165) is 35.2 Å². The molecule has 6 aliphatic rings. The molecule has 0 atom stereocenters. The highest BCUT2D eigenvalue weighted by atomic mass is 16.5. The number of fused-ring (bicyclic) bond motifs is 5. The molecule has 6 aromatic carbocycles. The second kappa shape index (κ2) is 8.76. The van der Waals surface area contributed by atoms with Crippen LogP contribution in [0.2, 0.25) is 0 Å². The smallest absolute Gasteiger partial charge is 0.135 e. The van der Waals surface area contributed by atoms with Gasteiger partial charge in [-0.15, -0.1) is 0 Å². The molecule has 216 valence electrons. The monoisotopic (exact) mass is 578 g/mol. The molecule has 6 aromatic rings. The molecule has 12 rings (SSSR count). The van der Waals surface area contributed by atoms with Crippen LogP contribution in [0.1, 0.15) is 43.2 Å². The fourth-order valence-corrected chi connectivity index (χ4v) is 11.0. The topological polar surface area (TPSA) is 9.23 Å². The van der Waals surface area contributed by atoms with Gasteiger partial charge in [0.15, 0.2) is 0 Å². The molecule has 0 aromatic heterocycles. The Morgan fingerprint density at radius 2 is 1.13 bits per heavy atom. The fourth-order valence-electron chi connectivity index (χ4n) is 11.0. The van der Waals surface area contributed by atoms with E-state index >= 15 is 0 Å². The van der Waals surface area contributed by atoms with Gasteiger partial charge >= 0.3 is 0 Å². The molecule has 4 fully saturated rings. The molecule has 1 heterocycles. The van der Waals surface area contributed by atoms with Crippen molar-refractivity contribution in [3.63, 3.8) is 0 Å². The van der Waals surface area contributed by atoms with Crippen LogP contribution in [0.4, 0.5) is 0 Å². The Morgan fingerprint density at radius 1 is 0.444 bits per heavy atom. The highest BCUT2D eigenvalue weighted by Crippen LogP contribution is 2.69. The van der Waals surface area contributed by atoms with Gasteiger partial charge in [0.05, 0.1) is 0 Å². The third-order valence-electron chi connectivity index (χ3n) is 12.5. The molecule has 5 aliphatic carbocycles. The SMILES string of the molecule is c1ccc(-c2ccc3c(c2)-c2cccc4c(-c5ccc6c(c5)C5(c7ccccc7-6)C6CC7CC(C6)CC5C7)ccc(c24)O3)cc1. The number of benzene rings is 6. The second-order valence-corrected chi connectivity index (χ2v) is 14.5. The average molecular weight is 579 g/mol. The molecule has 45 heavy (non-hydrogen) atoms. The number of hydrogen-bond donors (Lipinski definition) is 0. The Balaban J connectivity index is 1.10. The van der Waals surface area contributed by atoms with Crippen LogP contribution in [0.15, 0.2) is 121 Å². The molecule has 0 amide bonds. The summed E-state index contributed by atoms with van der Waals surface area (Å²) < 4.78 is 6.60. The zero-order valence-corrected chi connectivity index (χ0v) is 25.3. The minimum absolute atomic E-state index is 0.178. The molecule has 0 saturated heterocycles. The first-order valence-corrected chi connectivity index (χ1v) is 16.9. The van der Waals surface area contributed by atoms with Crippen LogP contribution < -0.4 is 4.74 Å². The first-order valence-electron chi connectivity index (χ1n) is 16.9. The van der Waals surface area contributed by atoms with Crippen LogP contribution >= 0.6 is 0 Å². The number of rotatable bonds is 2. The van der Waals surface area contributed by atoms with E-state index in [1.807, 2.05) is 0 Å². The summed E-state index contributed by atoms with van der Waals surface area (Å²) in [6.45, 7) is 0. The molecule has 1 heteroatoms. The van der Waals surface area contributed by atoms with Crippen LogP contribution in [0, 0.1) is 23.7 Å². The standard InChI is InChI=1S/C44H34O/c1-2-7-28(8-3-1)29-14-17-41-38(24-29)37-11-6-10-36-33(16-18-42(45-41)43(36)37)30-13-15-35-34-9-4-5-12-39(34)44(40(35)25-30)31-20-26-19-27(22-31)23-32(44)21-26/h1-18,24-27,31-32H,19-23H2. The Kier molecular flexibility index (Phi) is 4.80. The predicted octanol–water partition coefficient (Wildman–Crippen LogP) is 11.7. The maximum atomic E-state index is 6.60. The van der Waals surface area contributed by atoms with Gasteiger partial charge in [-0.2, -0.15) is 0 Å². The third-order valence-corrected chi connectivity index (χ3v) is 12.5. The summed E-state index contributed by atoms with van der Waals surface area (Å²) in [5, 5.41) is 2.50. The molecule has 0 N–H and O–H groups in total. The average Bonchev–Trinajstić information content (AvgIpc) is 3.37. The Morgan fingerprint density at radius 3 is 1.98 bits per heavy atom. The zero-order chi connectivity index (χ0) is 29.3. The van der Waals surface area contributed by atoms with E-state index in [1.54, 1.807) is 11.1 Å². The molecule has 1 spiro atoms. The van der Waals surface area contributed by atoms with E-state index in [1.165, 1.54) is 87.4 Å². The zero-order valence-electron chi connectivity index (χ0n) is 25.3. The van der Waals surface area contributed by atoms with Gasteiger partial charge in [-0.25, -0.2) is 0 Å². The summed E-state index contributed by atoms with van der Waals surface area (Å²) in [5.74, 6) is 5.32. The highest BCUT2D eigenvalue weighted by molar-refractivity contribution is 6.10. The van der Waals surface area contributed by atoms with Crippen LogP contribution in [0.5, 0.6) is 11.5 Å². The van der Waals surface area contributed by atoms with E-state index in [2.05, 4.69) is 121 Å². The number of ether oxygens (including phenoxy) is 1. The lowest BCUT2D eigenvalue weighted by molar-refractivity contribution is -0.0399. The summed E-state index contributed by atoms with van der Waals surface area (Å²) in [6, 6.07) is 45.5. The van der Waals surface area contributed by atoms with Gasteiger partial charge in [0.2, 0.25) is 0 Å². The molecule has 1 nitrogen and oxygen atoms in total. The summed E-state index contributed by atoms with van der Waals surface area (Å²) in [7, 11) is 0. The van der Waals surface area contributed by atoms with Crippen LogP contribution in [-0.2, 0) is 5.41 Å². The van der Waals surface area contributed by atoms with Crippen molar-refractivity contribution in [1.29, 1.82) is 0 Å². The van der Waals surface area contributed by atoms with E-state index in [-0.39, 0.29) is 5.41 Å². The lowest BCUT2D eigenvalue weighted by Crippen LogP contribution is -2.55. The quantitative estimate of drug-likeness (QED) is 0.198. The summed E-state index contributed by atoms with van der Waals surface area (Å²) >= 11 is 0. The van der Waals surface area contributed by atoms with Crippen LogP contribution in [-0.4, -0.2) is 0 Å². The largest absolute Gasteiger partial charge is 0.456 e.